The van der Waals surface area contributed by atoms with Crippen molar-refractivity contribution in [3.8, 4) is 5.75 Å². The van der Waals surface area contributed by atoms with Crippen LogP contribution in [-0.2, 0) is 13.5 Å². The van der Waals surface area contributed by atoms with Gasteiger partial charge in [-0.25, -0.2) is 0 Å². The Morgan fingerprint density at radius 3 is 2.75 bits per heavy atom. The third-order valence-corrected chi connectivity index (χ3v) is 5.22. The van der Waals surface area contributed by atoms with Gasteiger partial charge < -0.3 is 15.4 Å². The third kappa shape index (κ3) is 3.58. The van der Waals surface area contributed by atoms with Crippen molar-refractivity contribution < 1.29 is 9.53 Å². The summed E-state index contributed by atoms with van der Waals surface area (Å²) in [6.45, 7) is 0. The molecule has 0 spiro atoms. The molecule has 0 unspecified atom stereocenters. The van der Waals surface area contributed by atoms with Gasteiger partial charge in [0.2, 0.25) is 0 Å². The number of para-hydroxylation sites is 1. The average molecular weight is 376 g/mol. The Morgan fingerprint density at radius 2 is 1.96 bits per heavy atom. The van der Waals surface area contributed by atoms with Crippen LogP contribution in [0, 0.1) is 0 Å². The number of hydrogen-bond donors (Lipinski definition) is 2. The Morgan fingerprint density at radius 1 is 1.18 bits per heavy atom. The molecule has 0 radical (unpaired) electrons. The van der Waals surface area contributed by atoms with E-state index in [2.05, 4.69) is 15.7 Å². The fourth-order valence-corrected chi connectivity index (χ4v) is 3.71. The van der Waals surface area contributed by atoms with Crippen LogP contribution >= 0.6 is 0 Å². The van der Waals surface area contributed by atoms with Crippen LogP contribution in [-0.4, -0.2) is 22.8 Å². The lowest BCUT2D eigenvalue weighted by Gasteiger charge is -2.24. The number of methoxy groups -OCH3 is 1. The van der Waals surface area contributed by atoms with Gasteiger partial charge in [0.25, 0.3) is 5.91 Å². The van der Waals surface area contributed by atoms with E-state index in [9.17, 15) is 4.79 Å². The van der Waals surface area contributed by atoms with Crippen LogP contribution in [0.3, 0.4) is 0 Å². The van der Waals surface area contributed by atoms with Crippen molar-refractivity contribution in [3.05, 3.63) is 71.5 Å². The summed E-state index contributed by atoms with van der Waals surface area (Å²) in [5, 5.41) is 10.9. The molecule has 0 saturated carbocycles. The molecule has 1 aliphatic rings. The molecule has 0 aliphatic heterocycles. The van der Waals surface area contributed by atoms with E-state index in [1.807, 2.05) is 66.5 Å². The van der Waals surface area contributed by atoms with Gasteiger partial charge in [0.15, 0.2) is 0 Å². The minimum atomic E-state index is -0.0849. The molecular weight excluding hydrogens is 352 g/mol. The molecular formula is C22H24N4O2. The van der Waals surface area contributed by atoms with E-state index in [4.69, 9.17) is 4.74 Å². The number of anilines is 2. The van der Waals surface area contributed by atoms with Crippen LogP contribution in [0.5, 0.6) is 5.75 Å². The first-order chi connectivity index (χ1) is 13.7. The molecule has 1 heterocycles. The first-order valence-corrected chi connectivity index (χ1v) is 9.47. The fraction of sp³-hybridized carbons (Fsp3) is 0.273. The zero-order valence-electron chi connectivity index (χ0n) is 16.1. The highest BCUT2D eigenvalue weighted by atomic mass is 16.5. The lowest BCUT2D eigenvalue weighted by molar-refractivity contribution is 0.0933. The molecule has 0 bridgehead atoms. The number of rotatable bonds is 5. The molecule has 1 aromatic heterocycles. The van der Waals surface area contributed by atoms with Crippen molar-refractivity contribution in [2.45, 2.75) is 25.3 Å². The van der Waals surface area contributed by atoms with Crippen LogP contribution in [0.2, 0.25) is 0 Å². The van der Waals surface area contributed by atoms with Crippen molar-refractivity contribution in [2.24, 2.45) is 7.05 Å². The van der Waals surface area contributed by atoms with E-state index in [-0.39, 0.29) is 11.9 Å². The molecule has 28 heavy (non-hydrogen) atoms. The smallest absolute Gasteiger partial charge is 0.253 e. The molecule has 4 rings (SSSR count). The lowest BCUT2D eigenvalue weighted by atomic mass is 9.92. The summed E-state index contributed by atoms with van der Waals surface area (Å²) in [7, 11) is 3.60. The van der Waals surface area contributed by atoms with Crippen molar-refractivity contribution >= 4 is 17.3 Å². The van der Waals surface area contributed by atoms with E-state index in [0.717, 1.165) is 42.0 Å². The number of ether oxygens (including phenoxy) is 1. The number of carbonyl (C=O) groups excluding carboxylic acids is 1. The molecule has 2 N–H and O–H groups in total. The Labute approximate surface area is 164 Å². The van der Waals surface area contributed by atoms with Gasteiger partial charge in [-0.1, -0.05) is 12.1 Å². The highest BCUT2D eigenvalue weighted by Gasteiger charge is 2.25. The summed E-state index contributed by atoms with van der Waals surface area (Å²) in [4.78, 5) is 13.0. The number of carbonyl (C=O) groups is 1. The quantitative estimate of drug-likeness (QED) is 0.707. The molecule has 6 heteroatoms. The summed E-state index contributed by atoms with van der Waals surface area (Å²) in [5.41, 5.74) is 4.62. The highest BCUT2D eigenvalue weighted by molar-refractivity contribution is 6.00. The number of nitrogens with zero attached hydrogens (tertiary/aromatic N) is 2. The van der Waals surface area contributed by atoms with E-state index in [1.165, 1.54) is 5.69 Å². The predicted molar refractivity (Wildman–Crippen MR) is 109 cm³/mol. The molecule has 3 aromatic rings. The second-order valence-corrected chi connectivity index (χ2v) is 6.99. The van der Waals surface area contributed by atoms with Gasteiger partial charge in [-0.2, -0.15) is 5.10 Å². The van der Waals surface area contributed by atoms with Crippen LogP contribution in [0.25, 0.3) is 0 Å². The molecule has 1 amide bonds. The zero-order valence-corrected chi connectivity index (χ0v) is 16.1. The average Bonchev–Trinajstić information content (AvgIpc) is 3.11. The topological polar surface area (TPSA) is 68.2 Å². The largest absolute Gasteiger partial charge is 0.497 e. The van der Waals surface area contributed by atoms with Gasteiger partial charge in [0.05, 0.1) is 30.6 Å². The van der Waals surface area contributed by atoms with Gasteiger partial charge in [-0.05, 0) is 55.7 Å². The SMILES string of the molecule is COc1ccc(Nc2ccccc2C(=O)N[C@@H]2CCCc3c2cnn3C)cc1. The van der Waals surface area contributed by atoms with Gasteiger partial charge >= 0.3 is 0 Å². The first kappa shape index (κ1) is 18.1. The second-order valence-electron chi connectivity index (χ2n) is 6.99. The fourth-order valence-electron chi connectivity index (χ4n) is 3.71. The Bertz CT molecular complexity index is 978. The first-order valence-electron chi connectivity index (χ1n) is 9.47. The number of nitrogens with one attached hydrogen (secondary N) is 2. The van der Waals surface area contributed by atoms with Crippen molar-refractivity contribution in [1.82, 2.24) is 15.1 Å². The molecule has 1 aliphatic carbocycles. The molecule has 0 saturated heterocycles. The number of hydrogen-bond acceptors (Lipinski definition) is 4. The standard InChI is InChI=1S/C22H24N4O2/c1-26-21-9-5-8-20(18(21)14-23-26)25-22(27)17-6-3-4-7-19(17)24-15-10-12-16(28-2)13-11-15/h3-4,6-7,10-14,20,24H,5,8-9H2,1-2H3,(H,25,27)/t20-/m1/s1. The minimum Gasteiger partial charge on any atom is -0.497 e. The van der Waals surface area contributed by atoms with E-state index in [0.29, 0.717) is 5.56 Å². The summed E-state index contributed by atoms with van der Waals surface area (Å²) < 4.78 is 7.11. The van der Waals surface area contributed by atoms with Crippen molar-refractivity contribution in [2.75, 3.05) is 12.4 Å². The highest BCUT2D eigenvalue weighted by Crippen LogP contribution is 2.30. The monoisotopic (exact) mass is 376 g/mol. The van der Waals surface area contributed by atoms with Gasteiger partial charge in [-0.3, -0.25) is 9.48 Å². The molecule has 1 atom stereocenters. The van der Waals surface area contributed by atoms with Crippen LogP contribution < -0.4 is 15.4 Å². The lowest BCUT2D eigenvalue weighted by Crippen LogP contribution is -2.31. The maximum atomic E-state index is 13.0. The van der Waals surface area contributed by atoms with Gasteiger partial charge in [-0.15, -0.1) is 0 Å². The summed E-state index contributed by atoms with van der Waals surface area (Å²) in [6.07, 6.45) is 4.86. The minimum absolute atomic E-state index is 0.000933. The van der Waals surface area contributed by atoms with Crippen molar-refractivity contribution in [1.29, 1.82) is 0 Å². The zero-order chi connectivity index (χ0) is 19.5. The normalized spacial score (nSPS) is 15.6. The Hall–Kier alpha value is -3.28. The maximum Gasteiger partial charge on any atom is 0.253 e. The molecule has 0 fully saturated rings. The number of aryl methyl sites for hydroxylation is 1. The Kier molecular flexibility index (Phi) is 5.02. The van der Waals surface area contributed by atoms with Gasteiger partial charge in [0.1, 0.15) is 5.75 Å². The summed E-state index contributed by atoms with van der Waals surface area (Å²) in [6, 6.07) is 15.2. The molecule has 144 valence electrons. The van der Waals surface area contributed by atoms with Crippen LogP contribution in [0.1, 0.15) is 40.5 Å². The number of amides is 1. The number of benzene rings is 2. The molecule has 2 aromatic carbocycles. The summed E-state index contributed by atoms with van der Waals surface area (Å²) in [5.74, 6) is 0.708. The van der Waals surface area contributed by atoms with Crippen molar-refractivity contribution in [3.63, 3.8) is 0 Å². The van der Waals surface area contributed by atoms with E-state index >= 15 is 0 Å². The number of fused-ring (bicyclic) bond motifs is 1. The van der Waals surface area contributed by atoms with Crippen LogP contribution in [0.15, 0.2) is 54.7 Å². The summed E-state index contributed by atoms with van der Waals surface area (Å²) >= 11 is 0. The van der Waals surface area contributed by atoms with E-state index in [1.54, 1.807) is 7.11 Å². The van der Waals surface area contributed by atoms with Gasteiger partial charge in [0, 0.05) is 24.0 Å². The Balaban J connectivity index is 1.54. The maximum absolute atomic E-state index is 13.0. The van der Waals surface area contributed by atoms with Crippen LogP contribution in [0.4, 0.5) is 11.4 Å². The number of aromatic nitrogens is 2. The van der Waals surface area contributed by atoms with E-state index < -0.39 is 0 Å². The molecule has 6 nitrogen and oxygen atoms in total. The second kappa shape index (κ2) is 7.76. The predicted octanol–water partition coefficient (Wildman–Crippen LogP) is 3.98. The third-order valence-electron chi connectivity index (χ3n) is 5.22.